The predicted molar refractivity (Wildman–Crippen MR) is 92.9 cm³/mol. The van der Waals surface area contributed by atoms with Crippen LogP contribution in [0, 0.1) is 17.2 Å². The van der Waals surface area contributed by atoms with Crippen LogP contribution in [0.5, 0.6) is 0 Å². The van der Waals surface area contributed by atoms with E-state index in [1.165, 1.54) is 6.07 Å². The van der Waals surface area contributed by atoms with E-state index in [4.69, 9.17) is 5.11 Å². The average molecular weight is 336 g/mol. The summed E-state index contributed by atoms with van der Waals surface area (Å²) in [6.45, 7) is 7.12. The van der Waals surface area contributed by atoms with Gasteiger partial charge in [0.25, 0.3) is 0 Å². The number of aliphatic hydroxyl groups is 1. The molecule has 0 radical (unpaired) electrons. The normalized spacial score (nSPS) is 19.2. The van der Waals surface area contributed by atoms with Crippen LogP contribution < -0.4 is 5.32 Å². The van der Waals surface area contributed by atoms with Crippen LogP contribution in [0.25, 0.3) is 0 Å². The molecule has 0 bridgehead atoms. The number of nitrogens with one attached hydrogen (secondary N) is 1. The predicted octanol–water partition coefficient (Wildman–Crippen LogP) is 2.56. The number of piperidine rings is 1. The summed E-state index contributed by atoms with van der Waals surface area (Å²) in [5.74, 6) is -0.146. The van der Waals surface area contributed by atoms with Crippen molar-refractivity contribution in [1.82, 2.24) is 10.2 Å². The van der Waals surface area contributed by atoms with Gasteiger partial charge in [-0.3, -0.25) is 9.69 Å². The van der Waals surface area contributed by atoms with E-state index in [1.807, 2.05) is 19.9 Å². The molecule has 1 amide bonds. The van der Waals surface area contributed by atoms with E-state index in [2.05, 4.69) is 10.2 Å². The quantitative estimate of drug-likeness (QED) is 0.805. The fourth-order valence-electron chi connectivity index (χ4n) is 3.17. The van der Waals surface area contributed by atoms with Crippen molar-refractivity contribution in [3.63, 3.8) is 0 Å². The second-order valence-electron chi connectivity index (χ2n) is 7.56. The van der Waals surface area contributed by atoms with E-state index in [0.717, 1.165) is 24.9 Å². The maximum absolute atomic E-state index is 13.3. The highest BCUT2D eigenvalue weighted by atomic mass is 19.1. The summed E-state index contributed by atoms with van der Waals surface area (Å²) in [5.41, 5.74) is 0.848. The van der Waals surface area contributed by atoms with Crippen LogP contribution in [-0.4, -0.2) is 42.2 Å². The van der Waals surface area contributed by atoms with Crippen molar-refractivity contribution < 1.29 is 14.3 Å². The number of carbonyl (C=O) groups is 1. The number of halogens is 1. The molecule has 1 heterocycles. The molecule has 134 valence electrons. The van der Waals surface area contributed by atoms with Crippen molar-refractivity contribution >= 4 is 5.91 Å². The lowest BCUT2D eigenvalue weighted by atomic mass is 9.89. The number of benzene rings is 1. The minimum atomic E-state index is -0.218. The number of nitrogens with zero attached hydrogens (tertiary/aromatic N) is 1. The molecule has 1 aromatic rings. The monoisotopic (exact) mass is 336 g/mol. The summed E-state index contributed by atoms with van der Waals surface area (Å²) in [5, 5.41) is 12.1. The van der Waals surface area contributed by atoms with Crippen molar-refractivity contribution in [3.05, 3.63) is 35.6 Å². The Kier molecular flexibility index (Phi) is 6.75. The molecule has 2 N–H and O–H groups in total. The molecule has 4 nitrogen and oxygen atoms in total. The first-order valence-electron chi connectivity index (χ1n) is 8.75. The fraction of sp³-hybridized carbons (Fsp3) is 0.632. The summed E-state index contributed by atoms with van der Waals surface area (Å²) in [7, 11) is 0. The van der Waals surface area contributed by atoms with Gasteiger partial charge in [0.1, 0.15) is 5.82 Å². The van der Waals surface area contributed by atoms with Crippen LogP contribution >= 0.6 is 0 Å². The molecule has 5 heteroatoms. The number of carbonyl (C=O) groups excluding carboxylic acids is 1. The molecule has 1 unspecified atom stereocenters. The van der Waals surface area contributed by atoms with E-state index in [1.54, 1.807) is 12.1 Å². The van der Waals surface area contributed by atoms with Gasteiger partial charge in [-0.05, 0) is 48.9 Å². The van der Waals surface area contributed by atoms with E-state index in [-0.39, 0.29) is 29.7 Å². The zero-order valence-electron chi connectivity index (χ0n) is 14.7. The van der Waals surface area contributed by atoms with Crippen molar-refractivity contribution in [3.8, 4) is 0 Å². The van der Waals surface area contributed by atoms with Gasteiger partial charge in [-0.2, -0.15) is 0 Å². The smallest absolute Gasteiger partial charge is 0.224 e. The van der Waals surface area contributed by atoms with Gasteiger partial charge in [-0.1, -0.05) is 26.0 Å². The second kappa shape index (κ2) is 8.58. The number of aliphatic hydroxyl groups excluding tert-OH is 1. The first-order valence-corrected chi connectivity index (χ1v) is 8.75. The molecule has 1 aliphatic rings. The highest BCUT2D eigenvalue weighted by Gasteiger charge is 2.27. The fourth-order valence-corrected chi connectivity index (χ4v) is 3.17. The number of rotatable bonds is 7. The zero-order chi connectivity index (χ0) is 17.6. The number of hydrogen-bond acceptors (Lipinski definition) is 3. The lowest BCUT2D eigenvalue weighted by Crippen LogP contribution is -2.44. The lowest BCUT2D eigenvalue weighted by Gasteiger charge is -2.33. The Balaban J connectivity index is 1.84. The summed E-state index contributed by atoms with van der Waals surface area (Å²) >= 11 is 0. The van der Waals surface area contributed by atoms with Crippen molar-refractivity contribution in [2.45, 2.75) is 39.7 Å². The summed E-state index contributed by atoms with van der Waals surface area (Å²) in [6, 6.07) is 6.65. The molecule has 24 heavy (non-hydrogen) atoms. The third-order valence-corrected chi connectivity index (χ3v) is 4.70. The Morgan fingerprint density at radius 2 is 2.25 bits per heavy atom. The molecule has 1 aliphatic heterocycles. The zero-order valence-corrected chi connectivity index (χ0v) is 14.7. The lowest BCUT2D eigenvalue weighted by molar-refractivity contribution is -0.127. The third kappa shape index (κ3) is 5.87. The van der Waals surface area contributed by atoms with E-state index in [9.17, 15) is 9.18 Å². The highest BCUT2D eigenvalue weighted by Crippen LogP contribution is 2.21. The first kappa shape index (κ1) is 18.9. The Labute approximate surface area is 144 Å². The van der Waals surface area contributed by atoms with Gasteiger partial charge in [-0.25, -0.2) is 4.39 Å². The standard InChI is InChI=1S/C19H29FN2O2/c1-19(2,8-10-23)14-21-18(24)16-6-4-9-22(13-16)12-15-5-3-7-17(20)11-15/h3,5,7,11,16,23H,4,6,8-10,12-14H2,1-2H3,(H,21,24). The Hall–Kier alpha value is -1.46. The van der Waals surface area contributed by atoms with E-state index < -0.39 is 0 Å². The summed E-state index contributed by atoms with van der Waals surface area (Å²) in [6.07, 6.45) is 2.54. The van der Waals surface area contributed by atoms with Crippen LogP contribution in [0.1, 0.15) is 38.7 Å². The van der Waals surface area contributed by atoms with Gasteiger partial charge >= 0.3 is 0 Å². The van der Waals surface area contributed by atoms with Gasteiger partial charge in [0, 0.05) is 26.2 Å². The minimum absolute atomic E-state index is 0.0164. The van der Waals surface area contributed by atoms with Crippen molar-refractivity contribution in [2.24, 2.45) is 11.3 Å². The molecule has 0 spiro atoms. The number of amides is 1. The molecule has 1 aromatic carbocycles. The molecule has 1 atom stereocenters. The van der Waals surface area contributed by atoms with E-state index >= 15 is 0 Å². The molecular weight excluding hydrogens is 307 g/mol. The van der Waals surface area contributed by atoms with Crippen LogP contribution in [0.15, 0.2) is 24.3 Å². The number of likely N-dealkylation sites (tertiary alicyclic amines) is 1. The molecule has 1 saturated heterocycles. The maximum atomic E-state index is 13.3. The minimum Gasteiger partial charge on any atom is -0.396 e. The molecule has 0 saturated carbocycles. The van der Waals surface area contributed by atoms with Crippen molar-refractivity contribution in [1.29, 1.82) is 0 Å². The first-order chi connectivity index (χ1) is 11.4. The van der Waals surface area contributed by atoms with Gasteiger partial charge in [0.15, 0.2) is 0 Å². The topological polar surface area (TPSA) is 52.6 Å². The van der Waals surface area contributed by atoms with E-state index in [0.29, 0.717) is 26.1 Å². The SMILES string of the molecule is CC(C)(CCO)CNC(=O)C1CCCN(Cc2cccc(F)c2)C1. The van der Waals surface area contributed by atoms with Crippen LogP contribution in [0.4, 0.5) is 4.39 Å². The average Bonchev–Trinajstić information content (AvgIpc) is 2.53. The molecular formula is C19H29FN2O2. The Bertz CT molecular complexity index is 548. The maximum Gasteiger partial charge on any atom is 0.224 e. The van der Waals surface area contributed by atoms with Gasteiger partial charge in [0.2, 0.25) is 5.91 Å². The van der Waals surface area contributed by atoms with Crippen LogP contribution in [0.2, 0.25) is 0 Å². The summed E-state index contributed by atoms with van der Waals surface area (Å²) < 4.78 is 13.3. The molecule has 0 aliphatic carbocycles. The molecule has 1 fully saturated rings. The van der Waals surface area contributed by atoms with Crippen LogP contribution in [-0.2, 0) is 11.3 Å². The highest BCUT2D eigenvalue weighted by molar-refractivity contribution is 5.79. The van der Waals surface area contributed by atoms with Crippen LogP contribution in [0.3, 0.4) is 0 Å². The largest absolute Gasteiger partial charge is 0.396 e. The van der Waals surface area contributed by atoms with Gasteiger partial charge < -0.3 is 10.4 Å². The number of hydrogen-bond donors (Lipinski definition) is 2. The molecule has 0 aromatic heterocycles. The van der Waals surface area contributed by atoms with Crippen molar-refractivity contribution in [2.75, 3.05) is 26.2 Å². The second-order valence-corrected chi connectivity index (χ2v) is 7.56. The van der Waals surface area contributed by atoms with Gasteiger partial charge in [0.05, 0.1) is 5.92 Å². The van der Waals surface area contributed by atoms with Gasteiger partial charge in [-0.15, -0.1) is 0 Å². The third-order valence-electron chi connectivity index (χ3n) is 4.70. The Morgan fingerprint density at radius 1 is 1.46 bits per heavy atom. The summed E-state index contributed by atoms with van der Waals surface area (Å²) in [4.78, 5) is 14.7. The Morgan fingerprint density at radius 3 is 2.96 bits per heavy atom. The molecule has 2 rings (SSSR count).